The minimum atomic E-state index is -0.0561. The smallest absolute Gasteiger partial charge is 0.265 e. The molecule has 1 aromatic rings. The maximum Gasteiger partial charge on any atom is 0.265 e. The van der Waals surface area contributed by atoms with Crippen LogP contribution in [0.1, 0.15) is 67.5 Å². The molecule has 6 heteroatoms. The van der Waals surface area contributed by atoms with Crippen molar-refractivity contribution >= 4 is 28.2 Å². The molecule has 0 aromatic carbocycles. The van der Waals surface area contributed by atoms with Crippen molar-refractivity contribution in [3.63, 3.8) is 0 Å². The van der Waals surface area contributed by atoms with Crippen molar-refractivity contribution < 1.29 is 4.79 Å². The van der Waals surface area contributed by atoms with Gasteiger partial charge in [0.1, 0.15) is 10.7 Å². The SMILES string of the molecule is Nc1nc(NC2CC2)sc1C(=O)NC1CCCCCCC1. The summed E-state index contributed by atoms with van der Waals surface area (Å²) >= 11 is 1.37. The molecule has 0 aliphatic heterocycles. The zero-order chi connectivity index (χ0) is 14.7. The summed E-state index contributed by atoms with van der Waals surface area (Å²) in [6.07, 6.45) is 10.8. The zero-order valence-electron chi connectivity index (χ0n) is 12.4. The lowest BCUT2D eigenvalue weighted by atomic mass is 9.97. The Bertz CT molecular complexity index is 490. The summed E-state index contributed by atoms with van der Waals surface area (Å²) in [5, 5.41) is 7.23. The van der Waals surface area contributed by atoms with Gasteiger partial charge in [0.25, 0.3) is 5.91 Å². The number of carbonyl (C=O) groups excluding carboxylic acids is 1. The van der Waals surface area contributed by atoms with Crippen LogP contribution < -0.4 is 16.4 Å². The fraction of sp³-hybridized carbons (Fsp3) is 0.733. The molecule has 0 bridgehead atoms. The maximum absolute atomic E-state index is 12.4. The van der Waals surface area contributed by atoms with E-state index in [0.717, 1.165) is 18.0 Å². The lowest BCUT2D eigenvalue weighted by Gasteiger charge is -2.20. The molecule has 0 spiro atoms. The normalized spacial score (nSPS) is 20.6. The number of anilines is 2. The van der Waals surface area contributed by atoms with Gasteiger partial charge in [0.2, 0.25) is 0 Å². The molecular formula is C15H24N4OS. The maximum atomic E-state index is 12.4. The van der Waals surface area contributed by atoms with Gasteiger partial charge in [-0.25, -0.2) is 4.98 Å². The first-order chi connectivity index (χ1) is 10.2. The molecule has 1 heterocycles. The Labute approximate surface area is 129 Å². The summed E-state index contributed by atoms with van der Waals surface area (Å²) in [6.45, 7) is 0. The summed E-state index contributed by atoms with van der Waals surface area (Å²) in [7, 11) is 0. The molecule has 1 amide bonds. The summed E-state index contributed by atoms with van der Waals surface area (Å²) < 4.78 is 0. The zero-order valence-corrected chi connectivity index (χ0v) is 13.2. The molecule has 0 radical (unpaired) electrons. The van der Waals surface area contributed by atoms with Crippen LogP contribution in [0.3, 0.4) is 0 Å². The Morgan fingerprint density at radius 1 is 1.05 bits per heavy atom. The van der Waals surface area contributed by atoms with Crippen LogP contribution in [0, 0.1) is 0 Å². The molecule has 0 saturated heterocycles. The van der Waals surface area contributed by atoms with Gasteiger partial charge in [-0.1, -0.05) is 43.4 Å². The van der Waals surface area contributed by atoms with E-state index in [4.69, 9.17) is 5.73 Å². The van der Waals surface area contributed by atoms with Gasteiger partial charge in [-0.15, -0.1) is 0 Å². The second-order valence-electron chi connectivity index (χ2n) is 6.17. The molecule has 2 saturated carbocycles. The Morgan fingerprint density at radius 2 is 1.71 bits per heavy atom. The van der Waals surface area contributed by atoms with Crippen molar-refractivity contribution in [2.75, 3.05) is 11.1 Å². The predicted octanol–water partition coefficient (Wildman–Crippen LogP) is 3.14. The highest BCUT2D eigenvalue weighted by atomic mass is 32.1. The van der Waals surface area contributed by atoms with Gasteiger partial charge >= 0.3 is 0 Å². The molecular weight excluding hydrogens is 284 g/mol. The highest BCUT2D eigenvalue weighted by molar-refractivity contribution is 7.18. The lowest BCUT2D eigenvalue weighted by Crippen LogP contribution is -2.35. The van der Waals surface area contributed by atoms with Crippen LogP contribution in [0.15, 0.2) is 0 Å². The highest BCUT2D eigenvalue weighted by Crippen LogP contribution is 2.30. The Hall–Kier alpha value is -1.30. The molecule has 1 aromatic heterocycles. The van der Waals surface area contributed by atoms with E-state index in [1.807, 2.05) is 0 Å². The number of nitrogens with zero attached hydrogens (tertiary/aromatic N) is 1. The number of hydrogen-bond acceptors (Lipinski definition) is 5. The average Bonchev–Trinajstić information content (AvgIpc) is 3.14. The summed E-state index contributed by atoms with van der Waals surface area (Å²) in [6, 6.07) is 0.816. The largest absolute Gasteiger partial charge is 0.382 e. The highest BCUT2D eigenvalue weighted by Gasteiger charge is 2.25. The minimum absolute atomic E-state index is 0.0561. The van der Waals surface area contributed by atoms with Crippen LogP contribution in [0.2, 0.25) is 0 Å². The van der Waals surface area contributed by atoms with Crippen molar-refractivity contribution in [1.82, 2.24) is 10.3 Å². The number of rotatable bonds is 4. The fourth-order valence-corrected chi connectivity index (χ4v) is 3.67. The standard InChI is InChI=1S/C15H24N4OS/c16-13-12(21-15(19-13)18-11-8-9-11)14(20)17-10-6-4-2-1-3-5-7-10/h10-11H,1-9,16H2,(H,17,20)(H,18,19). The summed E-state index contributed by atoms with van der Waals surface area (Å²) in [5.74, 6) is 0.297. The van der Waals surface area contributed by atoms with Gasteiger partial charge in [-0.2, -0.15) is 0 Å². The number of hydrogen-bond donors (Lipinski definition) is 3. The summed E-state index contributed by atoms with van der Waals surface area (Å²) in [4.78, 5) is 17.2. The van der Waals surface area contributed by atoms with Crippen molar-refractivity contribution in [2.24, 2.45) is 0 Å². The van der Waals surface area contributed by atoms with Crippen LogP contribution in [-0.2, 0) is 0 Å². The van der Waals surface area contributed by atoms with E-state index >= 15 is 0 Å². The molecule has 0 unspecified atom stereocenters. The predicted molar refractivity (Wildman–Crippen MR) is 86.7 cm³/mol. The van der Waals surface area contributed by atoms with Crippen LogP contribution >= 0.6 is 11.3 Å². The molecule has 3 rings (SSSR count). The summed E-state index contributed by atoms with van der Waals surface area (Å²) in [5.41, 5.74) is 5.90. The Balaban J connectivity index is 1.59. The van der Waals surface area contributed by atoms with E-state index in [0.29, 0.717) is 22.8 Å². The third kappa shape index (κ3) is 4.09. The number of nitrogens with two attached hydrogens (primary N) is 1. The molecule has 4 N–H and O–H groups in total. The van der Waals surface area contributed by atoms with Crippen molar-refractivity contribution in [3.05, 3.63) is 4.88 Å². The van der Waals surface area contributed by atoms with Crippen molar-refractivity contribution in [1.29, 1.82) is 0 Å². The first-order valence-electron chi connectivity index (χ1n) is 8.06. The number of nitrogens with one attached hydrogen (secondary N) is 2. The number of thiazole rings is 1. The van der Waals surface area contributed by atoms with E-state index in [-0.39, 0.29) is 5.91 Å². The van der Waals surface area contributed by atoms with Gasteiger partial charge < -0.3 is 16.4 Å². The molecule has 0 atom stereocenters. The van der Waals surface area contributed by atoms with Crippen LogP contribution in [-0.4, -0.2) is 23.0 Å². The quantitative estimate of drug-likeness (QED) is 0.798. The Kier molecular flexibility index (Phi) is 4.63. The molecule has 2 aliphatic rings. The molecule has 5 nitrogen and oxygen atoms in total. The second kappa shape index (κ2) is 6.64. The topological polar surface area (TPSA) is 80.0 Å². The van der Waals surface area contributed by atoms with Crippen LogP contribution in [0.4, 0.5) is 10.9 Å². The van der Waals surface area contributed by atoms with Gasteiger partial charge in [0.05, 0.1) is 0 Å². The monoisotopic (exact) mass is 308 g/mol. The molecule has 2 fully saturated rings. The van der Waals surface area contributed by atoms with Gasteiger partial charge in [-0.05, 0) is 25.7 Å². The molecule has 116 valence electrons. The van der Waals surface area contributed by atoms with Gasteiger partial charge in [-0.3, -0.25) is 4.79 Å². The third-order valence-electron chi connectivity index (χ3n) is 4.20. The van der Waals surface area contributed by atoms with E-state index in [9.17, 15) is 4.79 Å². The van der Waals surface area contributed by atoms with Gasteiger partial charge in [0, 0.05) is 12.1 Å². The third-order valence-corrected chi connectivity index (χ3v) is 5.21. The number of amides is 1. The molecule has 2 aliphatic carbocycles. The lowest BCUT2D eigenvalue weighted by molar-refractivity contribution is 0.0935. The number of nitrogen functional groups attached to an aromatic ring is 1. The first kappa shape index (κ1) is 14.6. The van der Waals surface area contributed by atoms with Crippen LogP contribution in [0.25, 0.3) is 0 Å². The van der Waals surface area contributed by atoms with Crippen molar-refractivity contribution in [3.8, 4) is 0 Å². The average molecular weight is 308 g/mol. The van der Waals surface area contributed by atoms with Crippen molar-refractivity contribution in [2.45, 2.75) is 69.9 Å². The molecule has 21 heavy (non-hydrogen) atoms. The van der Waals surface area contributed by atoms with E-state index in [1.165, 1.54) is 56.3 Å². The van der Waals surface area contributed by atoms with E-state index in [1.54, 1.807) is 0 Å². The van der Waals surface area contributed by atoms with Crippen LogP contribution in [0.5, 0.6) is 0 Å². The minimum Gasteiger partial charge on any atom is -0.382 e. The van der Waals surface area contributed by atoms with E-state index < -0.39 is 0 Å². The first-order valence-corrected chi connectivity index (χ1v) is 8.88. The van der Waals surface area contributed by atoms with E-state index in [2.05, 4.69) is 15.6 Å². The number of aromatic nitrogens is 1. The fourth-order valence-electron chi connectivity index (χ4n) is 2.81. The number of carbonyl (C=O) groups is 1. The second-order valence-corrected chi connectivity index (χ2v) is 7.17. The van der Waals surface area contributed by atoms with Gasteiger partial charge in [0.15, 0.2) is 5.13 Å². The Morgan fingerprint density at radius 3 is 2.38 bits per heavy atom.